The minimum Gasteiger partial charge on any atom is -0.507 e. The average Bonchev–Trinajstić information content (AvgIpc) is 2.73. The molecule has 1 N–H and O–H groups in total. The maximum Gasteiger partial charge on any atom is 0.253 e. The highest BCUT2D eigenvalue weighted by atomic mass is 16.3. The zero-order valence-electron chi connectivity index (χ0n) is 16.6. The van der Waals surface area contributed by atoms with Crippen molar-refractivity contribution in [2.75, 3.05) is 33.2 Å². The van der Waals surface area contributed by atoms with Gasteiger partial charge >= 0.3 is 0 Å². The molecular formula is C23H23N3O3. The number of piperazine rings is 1. The van der Waals surface area contributed by atoms with Gasteiger partial charge in [0.25, 0.3) is 5.91 Å². The van der Waals surface area contributed by atoms with Gasteiger partial charge in [-0.25, -0.2) is 4.98 Å². The van der Waals surface area contributed by atoms with Crippen LogP contribution in [0.4, 0.5) is 0 Å². The maximum atomic E-state index is 12.9. The molecule has 1 aliphatic heterocycles. The van der Waals surface area contributed by atoms with Gasteiger partial charge in [-0.05, 0) is 50.4 Å². The molecule has 2 heterocycles. The van der Waals surface area contributed by atoms with Crippen LogP contribution in [0.15, 0.2) is 48.5 Å². The normalized spacial score (nSPS) is 14.9. The lowest BCUT2D eigenvalue weighted by Gasteiger charge is -2.32. The van der Waals surface area contributed by atoms with E-state index in [9.17, 15) is 14.7 Å². The number of nitrogens with zero attached hydrogens (tertiary/aromatic N) is 3. The molecule has 4 rings (SSSR count). The number of amides is 1. The largest absolute Gasteiger partial charge is 0.507 e. The molecule has 0 saturated carbocycles. The molecule has 1 amide bonds. The average molecular weight is 389 g/mol. The first-order valence-corrected chi connectivity index (χ1v) is 9.66. The fourth-order valence-corrected chi connectivity index (χ4v) is 3.73. The molecule has 148 valence electrons. The molecule has 1 aromatic heterocycles. The molecule has 0 unspecified atom stereocenters. The molecule has 6 nitrogen and oxygen atoms in total. The predicted molar refractivity (Wildman–Crippen MR) is 112 cm³/mol. The van der Waals surface area contributed by atoms with Gasteiger partial charge in [0.1, 0.15) is 5.75 Å². The Labute approximate surface area is 169 Å². The number of likely N-dealkylation sites (N-methyl/N-ethyl adjacent to an activating group) is 1. The number of carbonyl (C=O) groups is 2. The fraction of sp³-hybridized carbons (Fsp3) is 0.261. The van der Waals surface area contributed by atoms with E-state index in [2.05, 4.69) is 16.9 Å². The fourth-order valence-electron chi connectivity index (χ4n) is 3.73. The summed E-state index contributed by atoms with van der Waals surface area (Å²) >= 11 is 0. The van der Waals surface area contributed by atoms with E-state index >= 15 is 0 Å². The summed E-state index contributed by atoms with van der Waals surface area (Å²) in [4.78, 5) is 33.5. The van der Waals surface area contributed by atoms with Crippen LogP contribution in [0.25, 0.3) is 22.2 Å². The number of phenols is 1. The number of aromatic hydroxyl groups is 1. The number of pyridine rings is 1. The molecule has 1 fully saturated rings. The van der Waals surface area contributed by atoms with Crippen molar-refractivity contribution in [1.82, 2.24) is 14.8 Å². The van der Waals surface area contributed by atoms with E-state index in [0.29, 0.717) is 22.2 Å². The number of hydrogen-bond acceptors (Lipinski definition) is 5. The van der Waals surface area contributed by atoms with E-state index in [1.165, 1.54) is 13.0 Å². The Bertz CT molecular complexity index is 1100. The van der Waals surface area contributed by atoms with E-state index in [1.807, 2.05) is 35.2 Å². The molecule has 0 bridgehead atoms. The summed E-state index contributed by atoms with van der Waals surface area (Å²) in [6.45, 7) is 4.64. The summed E-state index contributed by atoms with van der Waals surface area (Å²) in [5.41, 5.74) is 3.10. The number of phenolic OH excluding ortho intramolecular Hbond substituents is 1. The SMILES string of the molecule is CC(=O)c1c(O)ccc2nc(-c3cccc(C(=O)N4CCN(C)CC4)c3)ccc12. The maximum absolute atomic E-state index is 12.9. The van der Waals surface area contributed by atoms with Crippen LogP contribution in [-0.4, -0.2) is 64.8 Å². The van der Waals surface area contributed by atoms with Crippen molar-refractivity contribution in [3.63, 3.8) is 0 Å². The summed E-state index contributed by atoms with van der Waals surface area (Å²) in [5.74, 6) is -0.216. The van der Waals surface area contributed by atoms with E-state index in [-0.39, 0.29) is 23.0 Å². The molecule has 3 aromatic rings. The lowest BCUT2D eigenvalue weighted by molar-refractivity contribution is 0.0664. The van der Waals surface area contributed by atoms with Crippen LogP contribution < -0.4 is 0 Å². The summed E-state index contributed by atoms with van der Waals surface area (Å²) in [5, 5.41) is 10.6. The molecule has 29 heavy (non-hydrogen) atoms. The molecule has 1 aliphatic rings. The third-order valence-corrected chi connectivity index (χ3v) is 5.40. The van der Waals surface area contributed by atoms with Crippen LogP contribution >= 0.6 is 0 Å². The zero-order valence-corrected chi connectivity index (χ0v) is 16.6. The zero-order chi connectivity index (χ0) is 20.5. The first kappa shape index (κ1) is 19.1. The van der Waals surface area contributed by atoms with Gasteiger partial charge in [-0.3, -0.25) is 9.59 Å². The Morgan fingerprint density at radius 2 is 1.76 bits per heavy atom. The Balaban J connectivity index is 1.68. The van der Waals surface area contributed by atoms with Gasteiger partial charge in [-0.1, -0.05) is 12.1 Å². The number of ketones is 1. The van der Waals surface area contributed by atoms with Crippen molar-refractivity contribution in [3.05, 3.63) is 59.7 Å². The van der Waals surface area contributed by atoms with Gasteiger partial charge in [-0.15, -0.1) is 0 Å². The Morgan fingerprint density at radius 3 is 2.48 bits per heavy atom. The summed E-state index contributed by atoms with van der Waals surface area (Å²) in [6.07, 6.45) is 0. The Kier molecular flexibility index (Phi) is 5.03. The summed E-state index contributed by atoms with van der Waals surface area (Å²) in [7, 11) is 2.06. The van der Waals surface area contributed by atoms with Gasteiger partial charge in [0, 0.05) is 42.7 Å². The van der Waals surface area contributed by atoms with Crippen LogP contribution in [0.5, 0.6) is 5.75 Å². The summed E-state index contributed by atoms with van der Waals surface area (Å²) in [6, 6.07) is 14.3. The van der Waals surface area contributed by atoms with Crippen LogP contribution in [0.2, 0.25) is 0 Å². The number of Topliss-reactive ketones (excluding diaryl/α,β-unsaturated/α-hetero) is 1. The van der Waals surface area contributed by atoms with Crippen molar-refractivity contribution < 1.29 is 14.7 Å². The monoisotopic (exact) mass is 389 g/mol. The quantitative estimate of drug-likeness (QED) is 0.697. The highest BCUT2D eigenvalue weighted by molar-refractivity contribution is 6.08. The number of carbonyl (C=O) groups excluding carboxylic acids is 2. The van der Waals surface area contributed by atoms with E-state index in [1.54, 1.807) is 12.1 Å². The predicted octanol–water partition coefficient (Wildman–Crippen LogP) is 3.20. The Hall–Kier alpha value is -3.25. The molecule has 1 saturated heterocycles. The van der Waals surface area contributed by atoms with Gasteiger partial charge in [0.05, 0.1) is 16.8 Å². The first-order valence-electron chi connectivity index (χ1n) is 9.66. The second kappa shape index (κ2) is 7.64. The standard InChI is InChI=1S/C23H23N3O3/c1-15(27)22-18-6-7-19(24-20(18)8-9-21(22)28)16-4-3-5-17(14-16)23(29)26-12-10-25(2)11-13-26/h3-9,14,28H,10-13H2,1-2H3. The van der Waals surface area contributed by atoms with Gasteiger partial charge in [0.15, 0.2) is 5.78 Å². The minimum atomic E-state index is -0.206. The van der Waals surface area contributed by atoms with Crippen molar-refractivity contribution in [2.45, 2.75) is 6.92 Å². The van der Waals surface area contributed by atoms with Gasteiger partial charge < -0.3 is 14.9 Å². The Morgan fingerprint density at radius 1 is 1.00 bits per heavy atom. The van der Waals surface area contributed by atoms with Crippen molar-refractivity contribution in [1.29, 1.82) is 0 Å². The van der Waals surface area contributed by atoms with Gasteiger partial charge in [-0.2, -0.15) is 0 Å². The first-order chi connectivity index (χ1) is 13.9. The minimum absolute atomic E-state index is 0.0320. The van der Waals surface area contributed by atoms with Crippen molar-refractivity contribution in [3.8, 4) is 17.0 Å². The van der Waals surface area contributed by atoms with Gasteiger partial charge in [0.2, 0.25) is 0 Å². The molecule has 0 atom stereocenters. The molecule has 2 aromatic carbocycles. The molecule has 6 heteroatoms. The molecular weight excluding hydrogens is 366 g/mol. The summed E-state index contributed by atoms with van der Waals surface area (Å²) < 4.78 is 0. The lowest BCUT2D eigenvalue weighted by atomic mass is 10.0. The third kappa shape index (κ3) is 3.71. The second-order valence-corrected chi connectivity index (χ2v) is 7.46. The number of fused-ring (bicyclic) bond motifs is 1. The van der Waals surface area contributed by atoms with Crippen molar-refractivity contribution >= 4 is 22.6 Å². The smallest absolute Gasteiger partial charge is 0.253 e. The van der Waals surface area contributed by atoms with E-state index < -0.39 is 0 Å². The topological polar surface area (TPSA) is 73.7 Å². The van der Waals surface area contributed by atoms with E-state index in [0.717, 1.165) is 31.7 Å². The molecule has 0 aliphatic carbocycles. The van der Waals surface area contributed by atoms with Crippen LogP contribution in [0.3, 0.4) is 0 Å². The number of rotatable bonds is 3. The highest BCUT2D eigenvalue weighted by Gasteiger charge is 2.21. The lowest BCUT2D eigenvalue weighted by Crippen LogP contribution is -2.47. The second-order valence-electron chi connectivity index (χ2n) is 7.46. The van der Waals surface area contributed by atoms with Crippen LogP contribution in [0, 0.1) is 0 Å². The van der Waals surface area contributed by atoms with Crippen molar-refractivity contribution in [2.24, 2.45) is 0 Å². The number of benzene rings is 2. The van der Waals surface area contributed by atoms with Crippen LogP contribution in [-0.2, 0) is 0 Å². The van der Waals surface area contributed by atoms with Crippen LogP contribution in [0.1, 0.15) is 27.6 Å². The molecule has 0 spiro atoms. The number of aromatic nitrogens is 1. The van der Waals surface area contributed by atoms with E-state index in [4.69, 9.17) is 0 Å². The highest BCUT2D eigenvalue weighted by Crippen LogP contribution is 2.29. The third-order valence-electron chi connectivity index (χ3n) is 5.40. The number of hydrogen-bond donors (Lipinski definition) is 1. The molecule has 0 radical (unpaired) electrons.